The largest absolute Gasteiger partial charge is 0.322 e. The molecule has 0 aliphatic heterocycles. The standard InChI is InChI=1S/C10H10N6S/c1-6(11)10-13-7(5-17-10)9-15-14-8-4-12-2-3-16(8)9/h2-6H,11H2,1H3. The highest BCUT2D eigenvalue weighted by Gasteiger charge is 2.13. The summed E-state index contributed by atoms with van der Waals surface area (Å²) in [6.07, 6.45) is 5.17. The molecule has 1 atom stereocenters. The molecule has 3 aromatic rings. The van der Waals surface area contributed by atoms with Gasteiger partial charge in [0.05, 0.1) is 12.2 Å². The highest BCUT2D eigenvalue weighted by Crippen LogP contribution is 2.23. The average Bonchev–Trinajstić information content (AvgIpc) is 2.95. The Morgan fingerprint density at radius 2 is 2.29 bits per heavy atom. The Balaban J connectivity index is 2.14. The summed E-state index contributed by atoms with van der Waals surface area (Å²) in [5.74, 6) is 0.713. The van der Waals surface area contributed by atoms with Crippen molar-refractivity contribution in [1.29, 1.82) is 0 Å². The minimum atomic E-state index is -0.0606. The molecular formula is C10H10N6S. The van der Waals surface area contributed by atoms with E-state index < -0.39 is 0 Å². The van der Waals surface area contributed by atoms with Gasteiger partial charge in [0.15, 0.2) is 11.5 Å². The van der Waals surface area contributed by atoms with Crippen molar-refractivity contribution in [2.45, 2.75) is 13.0 Å². The second-order valence-electron chi connectivity index (χ2n) is 3.69. The van der Waals surface area contributed by atoms with Gasteiger partial charge in [-0.15, -0.1) is 21.5 Å². The lowest BCUT2D eigenvalue weighted by Crippen LogP contribution is -2.04. The molecule has 0 aliphatic rings. The van der Waals surface area contributed by atoms with Crippen molar-refractivity contribution < 1.29 is 0 Å². The van der Waals surface area contributed by atoms with E-state index in [9.17, 15) is 0 Å². The second kappa shape index (κ2) is 3.86. The molecule has 0 spiro atoms. The lowest BCUT2D eigenvalue weighted by molar-refractivity contribution is 0.807. The molecule has 0 amide bonds. The quantitative estimate of drug-likeness (QED) is 0.736. The molecule has 3 rings (SSSR count). The fourth-order valence-electron chi connectivity index (χ4n) is 1.53. The molecule has 3 aromatic heterocycles. The summed E-state index contributed by atoms with van der Waals surface area (Å²) >= 11 is 1.53. The number of hydrogen-bond donors (Lipinski definition) is 1. The predicted octanol–water partition coefficient (Wildman–Crippen LogP) is 1.27. The van der Waals surface area contributed by atoms with Crippen LogP contribution in [0.3, 0.4) is 0 Å². The minimum Gasteiger partial charge on any atom is -0.322 e. The van der Waals surface area contributed by atoms with Gasteiger partial charge in [0.2, 0.25) is 0 Å². The van der Waals surface area contributed by atoms with Gasteiger partial charge in [-0.1, -0.05) is 0 Å². The van der Waals surface area contributed by atoms with Crippen LogP contribution in [-0.2, 0) is 0 Å². The maximum atomic E-state index is 5.79. The first kappa shape index (κ1) is 10.3. The topological polar surface area (TPSA) is 82.0 Å². The van der Waals surface area contributed by atoms with Crippen molar-refractivity contribution in [1.82, 2.24) is 24.6 Å². The zero-order chi connectivity index (χ0) is 11.8. The first-order chi connectivity index (χ1) is 8.25. The van der Waals surface area contributed by atoms with Crippen molar-refractivity contribution in [2.24, 2.45) is 5.73 Å². The molecular weight excluding hydrogens is 236 g/mol. The molecule has 7 heteroatoms. The molecule has 0 bridgehead atoms. The Hall–Kier alpha value is -1.86. The van der Waals surface area contributed by atoms with Crippen molar-refractivity contribution >= 4 is 17.0 Å². The zero-order valence-electron chi connectivity index (χ0n) is 9.11. The highest BCUT2D eigenvalue weighted by atomic mass is 32.1. The highest BCUT2D eigenvalue weighted by molar-refractivity contribution is 7.10. The van der Waals surface area contributed by atoms with E-state index in [1.165, 1.54) is 11.3 Å². The minimum absolute atomic E-state index is 0.0606. The first-order valence-electron chi connectivity index (χ1n) is 5.12. The van der Waals surface area contributed by atoms with Crippen LogP contribution in [0.15, 0.2) is 24.0 Å². The van der Waals surface area contributed by atoms with Gasteiger partial charge in [0.1, 0.15) is 10.7 Å². The number of aromatic nitrogens is 5. The van der Waals surface area contributed by atoms with Crippen LogP contribution in [0.1, 0.15) is 18.0 Å². The van der Waals surface area contributed by atoms with Gasteiger partial charge in [0, 0.05) is 17.8 Å². The van der Waals surface area contributed by atoms with Crippen LogP contribution in [0.2, 0.25) is 0 Å². The smallest absolute Gasteiger partial charge is 0.187 e. The van der Waals surface area contributed by atoms with Gasteiger partial charge in [-0.2, -0.15) is 0 Å². The molecule has 86 valence electrons. The van der Waals surface area contributed by atoms with Crippen LogP contribution < -0.4 is 5.73 Å². The van der Waals surface area contributed by atoms with Gasteiger partial charge in [0.25, 0.3) is 0 Å². The van der Waals surface area contributed by atoms with E-state index >= 15 is 0 Å². The number of rotatable bonds is 2. The first-order valence-corrected chi connectivity index (χ1v) is 6.00. The van der Waals surface area contributed by atoms with Gasteiger partial charge < -0.3 is 5.73 Å². The van der Waals surface area contributed by atoms with E-state index in [0.29, 0.717) is 11.5 Å². The number of thiazole rings is 1. The van der Waals surface area contributed by atoms with Gasteiger partial charge in [-0.25, -0.2) is 4.98 Å². The van der Waals surface area contributed by atoms with Crippen LogP contribution in [-0.4, -0.2) is 24.6 Å². The summed E-state index contributed by atoms with van der Waals surface area (Å²) in [5, 5.41) is 11.0. The Labute approximate surface area is 101 Å². The lowest BCUT2D eigenvalue weighted by atomic mass is 10.4. The van der Waals surface area contributed by atoms with Gasteiger partial charge >= 0.3 is 0 Å². The van der Waals surface area contributed by atoms with E-state index in [4.69, 9.17) is 5.73 Å². The second-order valence-corrected chi connectivity index (χ2v) is 4.58. The third-order valence-corrected chi connectivity index (χ3v) is 3.40. The summed E-state index contributed by atoms with van der Waals surface area (Å²) in [4.78, 5) is 8.44. The molecule has 0 saturated carbocycles. The fraction of sp³-hybridized carbons (Fsp3) is 0.200. The molecule has 1 unspecified atom stereocenters. The number of fused-ring (bicyclic) bond motifs is 1. The molecule has 0 saturated heterocycles. The third kappa shape index (κ3) is 1.69. The normalized spacial score (nSPS) is 13.1. The molecule has 0 radical (unpaired) electrons. The molecule has 6 nitrogen and oxygen atoms in total. The summed E-state index contributed by atoms with van der Waals surface area (Å²) in [7, 11) is 0. The summed E-state index contributed by atoms with van der Waals surface area (Å²) in [5.41, 5.74) is 7.29. The third-order valence-electron chi connectivity index (χ3n) is 2.35. The summed E-state index contributed by atoms with van der Waals surface area (Å²) in [6.45, 7) is 1.91. The van der Waals surface area contributed by atoms with Crippen LogP contribution in [0, 0.1) is 0 Å². The van der Waals surface area contributed by atoms with E-state index in [1.807, 2.05) is 22.9 Å². The molecule has 17 heavy (non-hydrogen) atoms. The number of nitrogens with two attached hydrogens (primary N) is 1. The van der Waals surface area contributed by atoms with Crippen LogP contribution >= 0.6 is 11.3 Å². The number of hydrogen-bond acceptors (Lipinski definition) is 6. The molecule has 0 aromatic carbocycles. The van der Waals surface area contributed by atoms with Crippen molar-refractivity contribution in [2.75, 3.05) is 0 Å². The van der Waals surface area contributed by atoms with Gasteiger partial charge in [-0.3, -0.25) is 9.38 Å². The molecule has 2 N–H and O–H groups in total. The van der Waals surface area contributed by atoms with Crippen molar-refractivity contribution in [3.63, 3.8) is 0 Å². The summed E-state index contributed by atoms with van der Waals surface area (Å²) < 4.78 is 1.85. The van der Waals surface area contributed by atoms with Crippen LogP contribution in [0.4, 0.5) is 0 Å². The van der Waals surface area contributed by atoms with Gasteiger partial charge in [-0.05, 0) is 6.92 Å². The lowest BCUT2D eigenvalue weighted by Gasteiger charge is -1.97. The van der Waals surface area contributed by atoms with E-state index in [-0.39, 0.29) is 6.04 Å². The Morgan fingerprint density at radius 3 is 3.06 bits per heavy atom. The molecule has 0 fully saturated rings. The Morgan fingerprint density at radius 1 is 1.41 bits per heavy atom. The SMILES string of the molecule is CC(N)c1nc(-c2nnc3cnccn23)cs1. The Kier molecular flexibility index (Phi) is 2.34. The van der Waals surface area contributed by atoms with E-state index in [0.717, 1.165) is 10.7 Å². The average molecular weight is 246 g/mol. The Bertz CT molecular complexity index is 655. The predicted molar refractivity (Wildman–Crippen MR) is 64.5 cm³/mol. The van der Waals surface area contributed by atoms with Crippen LogP contribution in [0.5, 0.6) is 0 Å². The van der Waals surface area contributed by atoms with E-state index in [1.54, 1.807) is 12.4 Å². The monoisotopic (exact) mass is 246 g/mol. The van der Waals surface area contributed by atoms with Crippen molar-refractivity contribution in [3.05, 3.63) is 29.0 Å². The van der Waals surface area contributed by atoms with Crippen LogP contribution in [0.25, 0.3) is 17.2 Å². The van der Waals surface area contributed by atoms with E-state index in [2.05, 4.69) is 20.2 Å². The number of nitrogens with zero attached hydrogens (tertiary/aromatic N) is 5. The molecule has 3 heterocycles. The molecule has 0 aliphatic carbocycles. The zero-order valence-corrected chi connectivity index (χ0v) is 9.92. The van der Waals surface area contributed by atoms with Crippen molar-refractivity contribution in [3.8, 4) is 11.5 Å². The maximum Gasteiger partial charge on any atom is 0.187 e. The summed E-state index contributed by atoms with van der Waals surface area (Å²) in [6, 6.07) is -0.0606. The maximum absolute atomic E-state index is 5.79. The fourth-order valence-corrected chi connectivity index (χ4v) is 2.28.